The van der Waals surface area contributed by atoms with Gasteiger partial charge in [0.15, 0.2) is 0 Å². The first-order valence-corrected chi connectivity index (χ1v) is 6.58. The van der Waals surface area contributed by atoms with Crippen molar-refractivity contribution in [3.05, 3.63) is 23.4 Å². The Kier molecular flexibility index (Phi) is 4.33. The van der Waals surface area contributed by atoms with Gasteiger partial charge in [-0.05, 0) is 12.1 Å². The molecule has 0 saturated carbocycles. The van der Waals surface area contributed by atoms with Crippen LogP contribution < -0.4 is 10.5 Å². The molecule has 6 nitrogen and oxygen atoms in total. The number of alkyl halides is 3. The van der Waals surface area contributed by atoms with Crippen LogP contribution in [-0.4, -0.2) is 25.7 Å². The fraction of sp³-hybridized carbons (Fsp3) is 0.333. The quantitative estimate of drug-likeness (QED) is 0.848. The number of halogens is 3. The minimum atomic E-state index is -4.65. The van der Waals surface area contributed by atoms with E-state index in [2.05, 4.69) is 10.3 Å². The number of pyridine rings is 1. The number of nitrogens with one attached hydrogen (secondary N) is 1. The average Bonchev–Trinajstić information content (AvgIpc) is 2.26. The van der Waals surface area contributed by atoms with Gasteiger partial charge < -0.3 is 5.32 Å². The fourth-order valence-electron chi connectivity index (χ4n) is 1.15. The Balaban J connectivity index is 2.95. The summed E-state index contributed by atoms with van der Waals surface area (Å²) in [5, 5.41) is 15.8. The lowest BCUT2D eigenvalue weighted by Crippen LogP contribution is -2.23. The van der Waals surface area contributed by atoms with E-state index in [1.54, 1.807) is 6.07 Å². The van der Waals surface area contributed by atoms with Crippen molar-refractivity contribution in [3.63, 3.8) is 0 Å². The second-order valence-electron chi connectivity index (χ2n) is 3.50. The van der Waals surface area contributed by atoms with Gasteiger partial charge in [0.1, 0.15) is 17.6 Å². The minimum Gasteiger partial charge on any atom is -0.368 e. The highest BCUT2D eigenvalue weighted by Gasteiger charge is 2.33. The molecule has 19 heavy (non-hydrogen) atoms. The van der Waals surface area contributed by atoms with E-state index in [0.717, 1.165) is 6.07 Å². The second-order valence-corrected chi connectivity index (χ2v) is 5.23. The van der Waals surface area contributed by atoms with Gasteiger partial charge in [-0.3, -0.25) is 0 Å². The van der Waals surface area contributed by atoms with Crippen LogP contribution in [0.3, 0.4) is 0 Å². The molecule has 1 aromatic rings. The summed E-state index contributed by atoms with van der Waals surface area (Å²) >= 11 is 0. The van der Waals surface area contributed by atoms with Gasteiger partial charge in [-0.25, -0.2) is 18.5 Å². The van der Waals surface area contributed by atoms with E-state index in [4.69, 9.17) is 10.4 Å². The standard InChI is InChI=1S/C9H9F3N4O2S/c10-9(11,12)7-2-1-6(5-13)8(16-7)15-3-4-19(14,17)18/h1-2H,3-4H2,(H,15,16)(H2,14,17,18). The lowest BCUT2D eigenvalue weighted by molar-refractivity contribution is -0.141. The first kappa shape index (κ1) is 15.2. The molecule has 0 aliphatic heterocycles. The van der Waals surface area contributed by atoms with Crippen molar-refractivity contribution in [2.75, 3.05) is 17.6 Å². The molecular weight excluding hydrogens is 285 g/mol. The summed E-state index contributed by atoms with van der Waals surface area (Å²) in [6.07, 6.45) is -4.65. The first-order valence-electron chi connectivity index (χ1n) is 4.86. The lowest BCUT2D eigenvalue weighted by atomic mass is 10.2. The van der Waals surface area contributed by atoms with Crippen molar-refractivity contribution < 1.29 is 21.6 Å². The molecule has 1 rings (SSSR count). The largest absolute Gasteiger partial charge is 0.433 e. The normalized spacial score (nSPS) is 11.9. The third-order valence-electron chi connectivity index (χ3n) is 1.99. The Morgan fingerprint density at radius 2 is 2.05 bits per heavy atom. The molecule has 1 aromatic heterocycles. The fourth-order valence-corrected chi connectivity index (χ4v) is 1.54. The van der Waals surface area contributed by atoms with Crippen molar-refractivity contribution in [3.8, 4) is 6.07 Å². The van der Waals surface area contributed by atoms with Crippen LogP contribution in [0.4, 0.5) is 19.0 Å². The average molecular weight is 294 g/mol. The van der Waals surface area contributed by atoms with E-state index in [0.29, 0.717) is 6.07 Å². The number of primary sulfonamides is 1. The highest BCUT2D eigenvalue weighted by molar-refractivity contribution is 7.89. The molecule has 0 amide bonds. The topological polar surface area (TPSA) is 109 Å². The molecule has 1 heterocycles. The van der Waals surface area contributed by atoms with Crippen molar-refractivity contribution in [2.24, 2.45) is 5.14 Å². The Labute approximate surface area is 107 Å². The zero-order valence-corrected chi connectivity index (χ0v) is 10.2. The zero-order chi connectivity index (χ0) is 14.7. The van der Waals surface area contributed by atoms with Gasteiger partial charge in [0.2, 0.25) is 10.0 Å². The third-order valence-corrected chi connectivity index (χ3v) is 2.76. The molecule has 0 radical (unpaired) electrons. The van der Waals surface area contributed by atoms with E-state index in [1.165, 1.54) is 0 Å². The summed E-state index contributed by atoms with van der Waals surface area (Å²) in [6.45, 7) is -0.248. The van der Waals surface area contributed by atoms with E-state index in [9.17, 15) is 21.6 Å². The number of nitrogens with zero attached hydrogens (tertiary/aromatic N) is 2. The van der Waals surface area contributed by atoms with E-state index >= 15 is 0 Å². The smallest absolute Gasteiger partial charge is 0.368 e. The molecule has 0 aliphatic rings. The number of sulfonamides is 1. The molecule has 0 aliphatic carbocycles. The van der Waals surface area contributed by atoms with Crippen LogP contribution in [0.2, 0.25) is 0 Å². The number of nitriles is 1. The summed E-state index contributed by atoms with van der Waals surface area (Å²) in [6, 6.07) is 3.27. The SMILES string of the molecule is N#Cc1ccc(C(F)(F)F)nc1NCCS(N)(=O)=O. The predicted octanol–water partition coefficient (Wildman–Crippen LogP) is 0.672. The van der Waals surface area contributed by atoms with Crippen LogP contribution in [0.15, 0.2) is 12.1 Å². The van der Waals surface area contributed by atoms with Gasteiger partial charge in [-0.2, -0.15) is 18.4 Å². The van der Waals surface area contributed by atoms with Gasteiger partial charge in [-0.15, -0.1) is 0 Å². The van der Waals surface area contributed by atoms with Crippen molar-refractivity contribution in [1.82, 2.24) is 4.98 Å². The van der Waals surface area contributed by atoms with Gasteiger partial charge in [0.25, 0.3) is 0 Å². The molecule has 0 bridgehead atoms. The van der Waals surface area contributed by atoms with Crippen LogP contribution >= 0.6 is 0 Å². The zero-order valence-electron chi connectivity index (χ0n) is 9.40. The summed E-state index contributed by atoms with van der Waals surface area (Å²) < 4.78 is 58.6. The van der Waals surface area contributed by atoms with Gasteiger partial charge >= 0.3 is 6.18 Å². The predicted molar refractivity (Wildman–Crippen MR) is 60.4 cm³/mol. The molecule has 104 valence electrons. The Morgan fingerprint density at radius 3 is 2.53 bits per heavy atom. The Hall–Kier alpha value is -1.86. The van der Waals surface area contributed by atoms with Crippen LogP contribution in [-0.2, 0) is 16.2 Å². The molecule has 10 heteroatoms. The second kappa shape index (κ2) is 5.41. The maximum Gasteiger partial charge on any atom is 0.433 e. The van der Waals surface area contributed by atoms with Crippen LogP contribution in [0.1, 0.15) is 11.3 Å². The van der Waals surface area contributed by atoms with Crippen molar-refractivity contribution in [1.29, 1.82) is 5.26 Å². The van der Waals surface area contributed by atoms with Crippen LogP contribution in [0.25, 0.3) is 0 Å². The number of nitrogens with two attached hydrogens (primary N) is 1. The maximum absolute atomic E-state index is 12.4. The Morgan fingerprint density at radius 1 is 1.42 bits per heavy atom. The summed E-state index contributed by atoms with van der Waals surface area (Å²) in [7, 11) is -3.75. The van der Waals surface area contributed by atoms with Gasteiger partial charge in [-0.1, -0.05) is 0 Å². The summed E-state index contributed by atoms with van der Waals surface area (Å²) in [5.41, 5.74) is -1.30. The van der Waals surface area contributed by atoms with E-state index < -0.39 is 27.6 Å². The van der Waals surface area contributed by atoms with Crippen molar-refractivity contribution >= 4 is 15.8 Å². The maximum atomic E-state index is 12.4. The molecule has 0 atom stereocenters. The molecule has 0 spiro atoms. The number of hydrogen-bond acceptors (Lipinski definition) is 5. The molecule has 0 saturated heterocycles. The number of rotatable bonds is 4. The molecule has 0 fully saturated rings. The Bertz CT molecular complexity index is 607. The van der Waals surface area contributed by atoms with Crippen LogP contribution in [0, 0.1) is 11.3 Å². The molecule has 3 N–H and O–H groups in total. The lowest BCUT2D eigenvalue weighted by Gasteiger charge is -2.10. The molecule has 0 aromatic carbocycles. The molecular formula is C9H9F3N4O2S. The third kappa shape index (κ3) is 4.72. The van der Waals surface area contributed by atoms with E-state index in [-0.39, 0.29) is 17.9 Å². The summed E-state index contributed by atoms with van der Waals surface area (Å²) in [4.78, 5) is 3.24. The number of aromatic nitrogens is 1. The van der Waals surface area contributed by atoms with Gasteiger partial charge in [0.05, 0.1) is 11.3 Å². The van der Waals surface area contributed by atoms with Crippen LogP contribution in [0.5, 0.6) is 0 Å². The molecule has 0 unspecified atom stereocenters. The minimum absolute atomic E-state index is 0.123. The van der Waals surface area contributed by atoms with E-state index in [1.807, 2.05) is 0 Å². The van der Waals surface area contributed by atoms with Crippen molar-refractivity contribution in [2.45, 2.75) is 6.18 Å². The number of anilines is 1. The van der Waals surface area contributed by atoms with Gasteiger partial charge in [0, 0.05) is 6.54 Å². The highest BCUT2D eigenvalue weighted by Crippen LogP contribution is 2.29. The first-order chi connectivity index (χ1) is 8.63. The number of hydrogen-bond donors (Lipinski definition) is 2. The highest BCUT2D eigenvalue weighted by atomic mass is 32.2. The summed E-state index contributed by atoms with van der Waals surface area (Å²) in [5.74, 6) is -0.823. The monoisotopic (exact) mass is 294 g/mol.